The van der Waals surface area contributed by atoms with E-state index in [1.807, 2.05) is 24.3 Å². The van der Waals surface area contributed by atoms with Crippen LogP contribution < -0.4 is 10.1 Å². The molecule has 1 aliphatic heterocycles. The Bertz CT molecular complexity index is 1240. The molecular formula is C22H17ClN6O4. The molecule has 5 rings (SSSR count). The van der Waals surface area contributed by atoms with Gasteiger partial charge in [0.2, 0.25) is 24.2 Å². The Morgan fingerprint density at radius 1 is 1.12 bits per heavy atom. The number of aromatic nitrogens is 3. The summed E-state index contributed by atoms with van der Waals surface area (Å²) in [6, 6.07) is 16.1. The van der Waals surface area contributed by atoms with Gasteiger partial charge < -0.3 is 19.0 Å². The number of nitrogens with one attached hydrogen (secondary N) is 1. The van der Waals surface area contributed by atoms with Gasteiger partial charge in [-0.1, -0.05) is 23.7 Å². The van der Waals surface area contributed by atoms with Crippen LogP contribution in [0.3, 0.4) is 0 Å². The molecule has 0 aliphatic carbocycles. The molecule has 33 heavy (non-hydrogen) atoms. The molecule has 0 saturated carbocycles. The summed E-state index contributed by atoms with van der Waals surface area (Å²) in [5, 5.41) is 15.1. The van der Waals surface area contributed by atoms with E-state index in [4.69, 9.17) is 25.3 Å². The number of halogens is 1. The summed E-state index contributed by atoms with van der Waals surface area (Å²) in [6.45, 7) is 0.480. The third-order valence-electron chi connectivity index (χ3n) is 4.92. The van der Waals surface area contributed by atoms with Gasteiger partial charge in [-0.2, -0.15) is 0 Å². The van der Waals surface area contributed by atoms with Crippen molar-refractivity contribution in [3.8, 4) is 11.6 Å². The lowest BCUT2D eigenvalue weighted by Gasteiger charge is -2.31. The molecule has 0 spiro atoms. The van der Waals surface area contributed by atoms with E-state index in [0.29, 0.717) is 29.2 Å². The van der Waals surface area contributed by atoms with Crippen LogP contribution in [0.4, 0.5) is 5.69 Å². The van der Waals surface area contributed by atoms with Gasteiger partial charge in [0, 0.05) is 16.8 Å². The first-order valence-electron chi connectivity index (χ1n) is 9.97. The fraction of sp³-hybridized carbons (Fsp3) is 0.136. The maximum absolute atomic E-state index is 13.3. The molecule has 0 bridgehead atoms. The van der Waals surface area contributed by atoms with Gasteiger partial charge in [0.05, 0.1) is 13.1 Å². The zero-order valence-corrected chi connectivity index (χ0v) is 17.8. The van der Waals surface area contributed by atoms with Crippen molar-refractivity contribution in [1.82, 2.24) is 20.3 Å². The van der Waals surface area contributed by atoms with E-state index in [-0.39, 0.29) is 18.3 Å². The molecule has 4 aromatic rings. The summed E-state index contributed by atoms with van der Waals surface area (Å²) in [7, 11) is 0. The molecule has 3 heterocycles. The quantitative estimate of drug-likeness (QED) is 0.453. The minimum atomic E-state index is -0.649. The van der Waals surface area contributed by atoms with E-state index >= 15 is 0 Å². The van der Waals surface area contributed by atoms with Crippen molar-refractivity contribution < 1.29 is 18.5 Å². The molecule has 11 heteroatoms. The van der Waals surface area contributed by atoms with Crippen molar-refractivity contribution in [3.63, 3.8) is 0 Å². The van der Waals surface area contributed by atoms with E-state index in [9.17, 15) is 4.79 Å². The van der Waals surface area contributed by atoms with Gasteiger partial charge in [0.15, 0.2) is 0 Å². The average Bonchev–Trinajstić information content (AvgIpc) is 3.54. The summed E-state index contributed by atoms with van der Waals surface area (Å²) in [5.74, 6) is 0.750. The number of guanidine groups is 1. The van der Waals surface area contributed by atoms with Gasteiger partial charge >= 0.3 is 0 Å². The average molecular weight is 465 g/mol. The molecule has 0 saturated heterocycles. The summed E-state index contributed by atoms with van der Waals surface area (Å²) >= 11 is 6.00. The number of amides is 1. The van der Waals surface area contributed by atoms with Crippen LogP contribution in [0.25, 0.3) is 0 Å². The van der Waals surface area contributed by atoms with Crippen molar-refractivity contribution in [2.24, 2.45) is 4.99 Å². The second-order valence-electron chi connectivity index (χ2n) is 7.13. The van der Waals surface area contributed by atoms with Gasteiger partial charge in [-0.15, -0.1) is 10.2 Å². The summed E-state index contributed by atoms with van der Waals surface area (Å²) < 4.78 is 15.6. The first kappa shape index (κ1) is 20.7. The SMILES string of the molecule is O=C1C(c2nnco2)CN=C(Nc2ccc(Oc3ccon3)cc2)N1Cc1ccc(Cl)cc1. The smallest absolute Gasteiger partial charge is 0.259 e. The van der Waals surface area contributed by atoms with Crippen molar-refractivity contribution in [3.05, 3.63) is 83.7 Å². The van der Waals surface area contributed by atoms with Crippen molar-refractivity contribution >= 4 is 29.2 Å². The number of ether oxygens (including phenoxy) is 1. The molecule has 1 amide bonds. The van der Waals surface area contributed by atoms with E-state index in [1.165, 1.54) is 12.7 Å². The third-order valence-corrected chi connectivity index (χ3v) is 5.17. The van der Waals surface area contributed by atoms with E-state index in [1.54, 1.807) is 35.2 Å². The van der Waals surface area contributed by atoms with Crippen LogP contribution in [0.15, 0.2) is 81.2 Å². The van der Waals surface area contributed by atoms with Gasteiger partial charge in [-0.05, 0) is 47.1 Å². The Kier molecular flexibility index (Phi) is 5.73. The normalized spacial score (nSPS) is 15.9. The number of hydrogen-bond acceptors (Lipinski definition) is 9. The van der Waals surface area contributed by atoms with Gasteiger partial charge in [0.25, 0.3) is 5.88 Å². The number of anilines is 1. The minimum absolute atomic E-state index is 0.188. The second-order valence-corrected chi connectivity index (χ2v) is 7.57. The van der Waals surface area contributed by atoms with Gasteiger partial charge in [0.1, 0.15) is 17.9 Å². The lowest BCUT2D eigenvalue weighted by molar-refractivity contribution is -0.130. The molecule has 2 aromatic heterocycles. The molecule has 1 aliphatic rings. The van der Waals surface area contributed by atoms with Gasteiger partial charge in [-0.25, -0.2) is 0 Å². The number of aliphatic imine (C=N–C) groups is 1. The van der Waals surface area contributed by atoms with Crippen LogP contribution in [0, 0.1) is 0 Å². The molecule has 0 radical (unpaired) electrons. The summed E-state index contributed by atoms with van der Waals surface area (Å²) in [5.41, 5.74) is 1.62. The van der Waals surface area contributed by atoms with E-state index in [0.717, 1.165) is 11.3 Å². The Labute approximate surface area is 192 Å². The van der Waals surface area contributed by atoms with Crippen LogP contribution >= 0.6 is 11.6 Å². The lowest BCUT2D eigenvalue weighted by atomic mass is 10.1. The zero-order chi connectivity index (χ0) is 22.6. The molecule has 0 fully saturated rings. The fourth-order valence-corrected chi connectivity index (χ4v) is 3.42. The predicted octanol–water partition coefficient (Wildman–Crippen LogP) is 4.10. The largest absolute Gasteiger partial charge is 0.436 e. The summed E-state index contributed by atoms with van der Waals surface area (Å²) in [6.07, 6.45) is 2.63. The zero-order valence-electron chi connectivity index (χ0n) is 17.1. The highest BCUT2D eigenvalue weighted by atomic mass is 35.5. The van der Waals surface area contributed by atoms with Crippen molar-refractivity contribution in [1.29, 1.82) is 0 Å². The standard InChI is InChI=1S/C22H17ClN6O4/c23-15-3-1-14(2-4-15)12-29-21(30)18(20-27-25-13-31-20)11-24-22(29)26-16-5-7-17(8-6-16)33-19-9-10-32-28-19/h1-10,13,18H,11-12H2,(H,24,26). The number of carbonyl (C=O) groups excluding carboxylic acids is 1. The maximum atomic E-state index is 13.3. The van der Waals surface area contributed by atoms with E-state index in [2.05, 4.69) is 25.7 Å². The van der Waals surface area contributed by atoms with Crippen molar-refractivity contribution in [2.45, 2.75) is 12.5 Å². The molecule has 166 valence electrons. The molecular weight excluding hydrogens is 448 g/mol. The Morgan fingerprint density at radius 2 is 1.94 bits per heavy atom. The third kappa shape index (κ3) is 4.70. The number of rotatable bonds is 6. The van der Waals surface area contributed by atoms with Crippen LogP contribution in [0.1, 0.15) is 17.4 Å². The topological polar surface area (TPSA) is 119 Å². The highest BCUT2D eigenvalue weighted by Crippen LogP contribution is 2.26. The summed E-state index contributed by atoms with van der Waals surface area (Å²) in [4.78, 5) is 19.5. The number of benzene rings is 2. The molecule has 10 nitrogen and oxygen atoms in total. The Morgan fingerprint density at radius 3 is 2.64 bits per heavy atom. The van der Waals surface area contributed by atoms with Gasteiger partial charge in [-0.3, -0.25) is 14.7 Å². The van der Waals surface area contributed by atoms with Crippen LogP contribution in [0.5, 0.6) is 11.6 Å². The fourth-order valence-electron chi connectivity index (χ4n) is 3.29. The number of nitrogens with zero attached hydrogens (tertiary/aromatic N) is 5. The molecule has 2 aromatic carbocycles. The molecule has 1 atom stereocenters. The predicted molar refractivity (Wildman–Crippen MR) is 118 cm³/mol. The van der Waals surface area contributed by atoms with Crippen LogP contribution in [-0.2, 0) is 11.3 Å². The Balaban J connectivity index is 1.37. The molecule has 1 unspecified atom stereocenters. The minimum Gasteiger partial charge on any atom is -0.436 e. The van der Waals surface area contributed by atoms with Crippen molar-refractivity contribution in [2.75, 3.05) is 11.9 Å². The second kappa shape index (κ2) is 9.13. The first-order chi connectivity index (χ1) is 16.2. The highest BCUT2D eigenvalue weighted by molar-refractivity contribution is 6.30. The maximum Gasteiger partial charge on any atom is 0.259 e. The van der Waals surface area contributed by atoms with Crippen LogP contribution in [0.2, 0.25) is 5.02 Å². The monoisotopic (exact) mass is 464 g/mol. The number of hydrogen-bond donors (Lipinski definition) is 1. The lowest BCUT2D eigenvalue weighted by Crippen LogP contribution is -2.47. The first-order valence-corrected chi connectivity index (χ1v) is 10.4. The Hall–Kier alpha value is -4.18. The molecule has 1 N–H and O–H groups in total. The number of carbonyl (C=O) groups is 1. The van der Waals surface area contributed by atoms with Crippen LogP contribution in [-0.4, -0.2) is 38.7 Å². The highest BCUT2D eigenvalue weighted by Gasteiger charge is 2.36. The van der Waals surface area contributed by atoms with E-state index < -0.39 is 5.92 Å².